The van der Waals surface area contributed by atoms with Crippen LogP contribution in [0.1, 0.15) is 188 Å². The second-order valence-electron chi connectivity index (χ2n) is 37.9. The maximum atomic E-state index is 14.7. The summed E-state index contributed by atoms with van der Waals surface area (Å²) in [6.07, 6.45) is -4.43. The number of carbonyl (C=O) groups is 9. The molecule has 9 N–H and O–H groups in total. The molecule has 5 aromatic carbocycles. The number of Topliss-reactive ketones (excluding diaryl/α,β-unsaturated/α-hetero) is 2. The van der Waals surface area contributed by atoms with Crippen molar-refractivity contribution < 1.29 is 117 Å². The average Bonchev–Trinajstić information content (AvgIpc) is 0.830. The number of nitrogen functional groups attached to an aromatic ring is 2. The molecule has 0 radical (unpaired) electrons. The summed E-state index contributed by atoms with van der Waals surface area (Å²) >= 11 is 17.4. The van der Waals surface area contributed by atoms with Crippen LogP contribution in [0.15, 0.2) is 103 Å². The van der Waals surface area contributed by atoms with Crippen LogP contribution in [0, 0.1) is 11.6 Å². The summed E-state index contributed by atoms with van der Waals surface area (Å²) < 4.78 is 142. The Labute approximate surface area is 809 Å². The first-order valence-electron chi connectivity index (χ1n) is 45.1. The van der Waals surface area contributed by atoms with Gasteiger partial charge in [0.1, 0.15) is 93.1 Å². The first-order valence-corrected chi connectivity index (χ1v) is 46.4. The van der Waals surface area contributed by atoms with Gasteiger partial charge in [-0.15, -0.1) is 11.6 Å². The van der Waals surface area contributed by atoms with Crippen molar-refractivity contribution in [2.24, 2.45) is 5.73 Å². The number of rotatable bonds is 18. The van der Waals surface area contributed by atoms with Crippen LogP contribution in [0.25, 0.3) is 0 Å². The van der Waals surface area contributed by atoms with Crippen LogP contribution < -0.4 is 52.1 Å². The van der Waals surface area contributed by atoms with E-state index in [1.54, 1.807) is 91.5 Å². The fraction of sp³-hybridized carbons (Fsp3) is 0.594. The van der Waals surface area contributed by atoms with Gasteiger partial charge >= 0.3 is 30.5 Å². The third kappa shape index (κ3) is 43.6. The van der Waals surface area contributed by atoms with Gasteiger partial charge < -0.3 is 105 Å². The Morgan fingerprint density at radius 1 is 0.441 bits per heavy atom. The Morgan fingerprint density at radius 3 is 1.18 bits per heavy atom. The van der Waals surface area contributed by atoms with E-state index >= 15 is 0 Å². The zero-order valence-corrected chi connectivity index (χ0v) is 83.2. The van der Waals surface area contributed by atoms with Gasteiger partial charge in [0.05, 0.1) is 98.2 Å². The van der Waals surface area contributed by atoms with Crippen molar-refractivity contribution in [1.82, 2.24) is 45.3 Å². The minimum atomic E-state index is -1.56. The van der Waals surface area contributed by atoms with Gasteiger partial charge in [0.25, 0.3) is 11.8 Å². The van der Waals surface area contributed by atoms with E-state index < -0.39 is 119 Å². The molecule has 0 saturated carbocycles. The molecule has 6 aliphatic rings. The first-order chi connectivity index (χ1) is 63.5. The number of hydrogen-bond donors (Lipinski definition) is 6. The maximum Gasteiger partial charge on any atom is 0.410 e. The monoisotopic (exact) mass is 1980 g/mol. The van der Waals surface area contributed by atoms with Gasteiger partial charge in [-0.3, -0.25) is 19.2 Å². The number of likely N-dealkylation sites (tertiary alicyclic amines) is 6. The normalized spacial score (nSPS) is 20.3. The van der Waals surface area contributed by atoms with E-state index in [0.717, 1.165) is 12.0 Å². The third-order valence-electron chi connectivity index (χ3n) is 20.5. The molecular formula is C96H138Cl3F7N12O18. The van der Waals surface area contributed by atoms with Gasteiger partial charge in [-0.1, -0.05) is 53.5 Å². The number of ether oxygens (including phenoxy) is 9. The van der Waals surface area contributed by atoms with Crippen molar-refractivity contribution in [3.05, 3.63) is 141 Å². The number of anilines is 2. The molecule has 6 heterocycles. The van der Waals surface area contributed by atoms with E-state index in [1.807, 2.05) is 76.8 Å². The molecule has 0 spiro atoms. The molecule has 30 nitrogen and oxygen atoms in total. The lowest BCUT2D eigenvalue weighted by Gasteiger charge is -2.36. The quantitative estimate of drug-likeness (QED) is 0.0156. The van der Waals surface area contributed by atoms with Crippen LogP contribution in [0.5, 0.6) is 23.0 Å². The first kappa shape index (κ1) is 116. The van der Waals surface area contributed by atoms with E-state index in [0.29, 0.717) is 121 Å². The summed E-state index contributed by atoms with van der Waals surface area (Å²) in [4.78, 5) is 115. The van der Waals surface area contributed by atoms with E-state index in [-0.39, 0.29) is 127 Å². The van der Waals surface area contributed by atoms with Crippen molar-refractivity contribution in [3.8, 4) is 23.0 Å². The van der Waals surface area contributed by atoms with Crippen LogP contribution in [0.4, 0.5) is 66.1 Å². The summed E-state index contributed by atoms with van der Waals surface area (Å²) in [5.74, 6) is 0.657. The molecule has 7 amide bonds. The third-order valence-corrected chi connectivity index (χ3v) is 21.4. The van der Waals surface area contributed by atoms with Crippen molar-refractivity contribution in [2.75, 3.05) is 130 Å². The van der Waals surface area contributed by atoms with Gasteiger partial charge in [0, 0.05) is 115 Å². The Kier molecular flexibility index (Phi) is 47.4. The number of benzene rings is 5. The number of ketones is 2. The second kappa shape index (κ2) is 55.4. The maximum absolute atomic E-state index is 14.7. The van der Waals surface area contributed by atoms with E-state index in [4.69, 9.17) is 94.6 Å². The molecule has 11 rings (SSSR count). The number of piperidine rings is 6. The number of nitrogens with one attached hydrogen (secondary N) is 3. The summed E-state index contributed by atoms with van der Waals surface area (Å²) in [7, 11) is 2.83. The minimum Gasteiger partial charge on any atom is -0.496 e. The van der Waals surface area contributed by atoms with Gasteiger partial charge in [-0.05, 0) is 209 Å². The molecular weight excluding hydrogens is 1850 g/mol. The summed E-state index contributed by atoms with van der Waals surface area (Å²) in [6, 6.07) is 25.4. The number of hydrogen-bond acceptors (Lipinski definition) is 23. The number of carbonyl (C=O) groups excluding carboxylic acids is 9. The van der Waals surface area contributed by atoms with Gasteiger partial charge in [-0.2, -0.15) is 0 Å². The van der Waals surface area contributed by atoms with E-state index in [1.165, 1.54) is 82.4 Å². The highest BCUT2D eigenvalue weighted by molar-refractivity contribution is 6.34. The highest BCUT2D eigenvalue weighted by Gasteiger charge is 2.39. The Hall–Kier alpha value is -10.2. The minimum absolute atomic E-state index is 0.0378. The molecule has 0 bridgehead atoms. The summed E-state index contributed by atoms with van der Waals surface area (Å²) in [5, 5.41) is 9.07. The van der Waals surface area contributed by atoms with Crippen LogP contribution in [-0.2, 0) is 39.8 Å². The van der Waals surface area contributed by atoms with Crippen molar-refractivity contribution in [3.63, 3.8) is 0 Å². The zero-order chi connectivity index (χ0) is 102. The number of amides is 7. The fourth-order valence-electron chi connectivity index (χ4n) is 13.4. The largest absolute Gasteiger partial charge is 0.496 e. The molecule has 760 valence electrons. The lowest BCUT2D eigenvalue weighted by Crippen LogP contribution is -2.54. The highest BCUT2D eigenvalue weighted by atomic mass is 35.5. The SMILES string of the molecule is CC(C)(C)OC(=O)N1CCC(=O)C(F)C1.CC(C)(C)OC(=O)N1CCC(=O)CC1.CC(C)(C)OC(=O)N1CC[C@H](N)[C@H](F)C1.CC(C)(C)OC(=O)N1CC[C@H](NCc2ccccc2)[C@H](F)C1.COc1cc(N)c(Cl)cc1C(=O)N[C@H]1CCN(C(=O)OC(C)(C)C)C[C@H]1F.COc1cc(N)c(Cl)cc1C(=O)N[C@H]1CCN(CCCOc2ccc(F)cc2)C[C@H]1F.Fc1ccc(OCCCCl)cc1. The van der Waals surface area contributed by atoms with Crippen molar-refractivity contribution in [1.29, 1.82) is 0 Å². The van der Waals surface area contributed by atoms with Crippen molar-refractivity contribution >= 4 is 100 Å². The Bertz CT molecular complexity index is 4600. The van der Waals surface area contributed by atoms with Crippen LogP contribution in [0.2, 0.25) is 10.0 Å². The van der Waals surface area contributed by atoms with Crippen LogP contribution >= 0.6 is 34.8 Å². The molecule has 0 aromatic heterocycles. The molecule has 6 saturated heterocycles. The number of halogens is 10. The standard InChI is InChI=1S/C22H26ClF2N3O3.C18H25ClFN3O4.C17H25FN2O2.C10H19FN2O2.C10H16FNO3.C10H17NO3.C9H10ClFO/c1-30-21-12-19(26)17(23)11-16(21)22(29)27-20-7-9-28(13-18(20)25)8-2-10-31-15-5-3-14(24)4-6-15;1-18(2,3)27-17(25)23-6-5-14(12(20)9-23)22-16(24)10-7-11(19)13(21)8-15(10)26-4;1-17(2,3)22-16(21)20-10-9-15(14(18)12-20)19-11-13-7-5-4-6-8-13;1-10(2,3)15-9(14)13-5-4-8(12)7(11)6-13;1-10(2,3)15-9(14)12-5-4-8(13)7(11)6-12;1-10(2,3)14-9(13)11-6-4-8(12)5-7-11;10-6-1-7-12-9-4-2-8(11)3-5-9/h3-6,11-12,18,20H,2,7-10,13,26H2,1H3,(H,27,29);7-8,12,14H,5-6,9,21H2,1-4H3,(H,22,24);4-8,14-15,19H,9-12H2,1-3H3;7-8H,4-6,12H2,1-3H3;7H,4-6H2,1-3H3;4-7H2,1-3H3;2-5H,1,6-7H2/t18-,20+;12-,14+;14-,15+;7-,8+;;;/m1111.../s1. The molecule has 136 heavy (non-hydrogen) atoms. The summed E-state index contributed by atoms with van der Waals surface area (Å²) in [5.41, 5.74) is 16.3. The molecule has 6 aliphatic heterocycles. The van der Waals surface area contributed by atoms with Crippen LogP contribution in [0.3, 0.4) is 0 Å². The molecule has 9 atom stereocenters. The molecule has 40 heteroatoms. The molecule has 0 aliphatic carbocycles. The lowest BCUT2D eigenvalue weighted by molar-refractivity contribution is -0.127. The molecule has 1 unspecified atom stereocenters. The predicted octanol–water partition coefficient (Wildman–Crippen LogP) is 17.1. The molecule has 6 fully saturated rings. The number of nitrogens with zero attached hydrogens (tertiary/aromatic N) is 6. The summed E-state index contributed by atoms with van der Waals surface area (Å²) in [6.45, 7) is 32.3. The van der Waals surface area contributed by atoms with Gasteiger partial charge in [0.2, 0.25) is 0 Å². The topological polar surface area (TPSA) is 370 Å². The van der Waals surface area contributed by atoms with E-state index in [2.05, 4.69) is 16.0 Å². The van der Waals surface area contributed by atoms with Crippen molar-refractivity contribution in [2.45, 2.75) is 251 Å². The fourth-order valence-corrected chi connectivity index (χ4v) is 13.9. The number of methoxy groups -OCH3 is 2. The second-order valence-corrected chi connectivity index (χ2v) is 39.1. The van der Waals surface area contributed by atoms with Crippen LogP contribution in [-0.4, -0.2) is 285 Å². The Balaban J connectivity index is 0.000000288. The Morgan fingerprint density at radius 2 is 0.801 bits per heavy atom. The predicted molar refractivity (Wildman–Crippen MR) is 508 cm³/mol. The smallest absolute Gasteiger partial charge is 0.410 e. The number of nitrogens with two attached hydrogens (primary N) is 3. The average molecular weight is 1990 g/mol. The van der Waals surface area contributed by atoms with E-state index in [9.17, 15) is 73.9 Å². The lowest BCUT2D eigenvalue weighted by atomic mass is 10.0. The van der Waals surface area contributed by atoms with Gasteiger partial charge in [-0.25, -0.2) is 54.7 Å². The highest BCUT2D eigenvalue weighted by Crippen LogP contribution is 2.33. The number of alkyl halides is 6. The molecule has 5 aromatic rings. The zero-order valence-electron chi connectivity index (χ0n) is 80.9. The van der Waals surface area contributed by atoms with Gasteiger partial charge in [0.15, 0.2) is 12.0 Å².